The average molecular weight is 285 g/mol. The summed E-state index contributed by atoms with van der Waals surface area (Å²) in [6, 6.07) is 3.09. The highest BCUT2D eigenvalue weighted by Gasteiger charge is 2.43. The van der Waals surface area contributed by atoms with Crippen LogP contribution in [0.1, 0.15) is 25.5 Å². The second kappa shape index (κ2) is 5.96. The highest BCUT2D eigenvalue weighted by atomic mass is 16.6. The fraction of sp³-hybridized carbons (Fsp3) is 0.538. The van der Waals surface area contributed by atoms with Crippen LogP contribution in [0.15, 0.2) is 12.1 Å². The molecule has 0 radical (unpaired) electrons. The highest BCUT2D eigenvalue weighted by Crippen LogP contribution is 2.44. The van der Waals surface area contributed by atoms with Crippen molar-refractivity contribution in [2.45, 2.75) is 25.5 Å². The van der Waals surface area contributed by atoms with Gasteiger partial charge in [0.2, 0.25) is 11.3 Å². The number of ether oxygens (including phenoxy) is 3. The van der Waals surface area contributed by atoms with E-state index in [0.717, 1.165) is 0 Å². The zero-order valence-electron chi connectivity index (χ0n) is 12.2. The predicted molar refractivity (Wildman–Crippen MR) is 72.1 cm³/mol. The normalized spacial score (nSPS) is 12.7. The van der Waals surface area contributed by atoms with Crippen molar-refractivity contribution >= 4 is 0 Å². The number of hydrogen-bond acceptors (Lipinski definition) is 6. The molecule has 0 heterocycles. The Bertz CT molecular complexity index is 500. The van der Waals surface area contributed by atoms with Crippen molar-refractivity contribution in [2.75, 3.05) is 21.3 Å². The third-order valence-corrected chi connectivity index (χ3v) is 3.17. The SMILES string of the molecule is COc1ccc(C(O)C(C)(C)[N+](=O)[O-])c(OC)c1OC. The molecular formula is C13H19NO6. The monoisotopic (exact) mass is 285 g/mol. The maximum Gasteiger partial charge on any atom is 0.246 e. The lowest BCUT2D eigenvalue weighted by Gasteiger charge is -2.25. The zero-order valence-corrected chi connectivity index (χ0v) is 12.2. The summed E-state index contributed by atoms with van der Waals surface area (Å²) in [4.78, 5) is 10.5. The zero-order chi connectivity index (χ0) is 15.5. The van der Waals surface area contributed by atoms with Crippen LogP contribution in [0.5, 0.6) is 17.2 Å². The van der Waals surface area contributed by atoms with E-state index >= 15 is 0 Å². The standard InChI is InChI=1S/C13H19NO6/c1-13(2,14(16)17)12(15)8-6-7-9(18-3)11(20-5)10(8)19-4/h6-7,12,15H,1-5H3. The molecule has 0 saturated carbocycles. The van der Waals surface area contributed by atoms with Gasteiger partial charge in [-0.05, 0) is 12.1 Å². The van der Waals surface area contributed by atoms with E-state index in [9.17, 15) is 15.2 Å². The molecular weight excluding hydrogens is 266 g/mol. The first-order valence-corrected chi connectivity index (χ1v) is 5.92. The maximum absolute atomic E-state index is 11.1. The minimum absolute atomic E-state index is 0.217. The topological polar surface area (TPSA) is 91.1 Å². The van der Waals surface area contributed by atoms with E-state index in [2.05, 4.69) is 0 Å². The van der Waals surface area contributed by atoms with Crippen LogP contribution in [0.25, 0.3) is 0 Å². The van der Waals surface area contributed by atoms with Crippen LogP contribution in [0.2, 0.25) is 0 Å². The van der Waals surface area contributed by atoms with Gasteiger partial charge in [-0.3, -0.25) is 10.1 Å². The maximum atomic E-state index is 11.1. The van der Waals surface area contributed by atoms with Gasteiger partial charge in [-0.2, -0.15) is 0 Å². The van der Waals surface area contributed by atoms with Gasteiger partial charge >= 0.3 is 0 Å². The number of hydrogen-bond donors (Lipinski definition) is 1. The van der Waals surface area contributed by atoms with E-state index in [1.165, 1.54) is 41.2 Å². The second-order valence-electron chi connectivity index (χ2n) is 4.74. The molecule has 1 rings (SSSR count). The Morgan fingerprint density at radius 2 is 1.70 bits per heavy atom. The minimum Gasteiger partial charge on any atom is -0.493 e. The number of rotatable bonds is 6. The van der Waals surface area contributed by atoms with E-state index in [0.29, 0.717) is 5.75 Å². The third kappa shape index (κ3) is 2.62. The summed E-state index contributed by atoms with van der Waals surface area (Å²) in [6.45, 7) is 2.68. The lowest BCUT2D eigenvalue weighted by atomic mass is 9.91. The Morgan fingerprint density at radius 1 is 1.15 bits per heavy atom. The van der Waals surface area contributed by atoms with Crippen LogP contribution < -0.4 is 14.2 Å². The molecule has 1 atom stereocenters. The summed E-state index contributed by atoms with van der Waals surface area (Å²) >= 11 is 0. The van der Waals surface area contributed by atoms with Gasteiger partial charge in [-0.1, -0.05) is 0 Å². The lowest BCUT2D eigenvalue weighted by Crippen LogP contribution is -2.38. The molecule has 1 unspecified atom stereocenters. The van der Waals surface area contributed by atoms with Gasteiger partial charge in [0.25, 0.3) is 0 Å². The van der Waals surface area contributed by atoms with Gasteiger partial charge in [-0.25, -0.2) is 0 Å². The van der Waals surface area contributed by atoms with Crippen molar-refractivity contribution in [3.63, 3.8) is 0 Å². The smallest absolute Gasteiger partial charge is 0.246 e. The van der Waals surface area contributed by atoms with Gasteiger partial charge in [0.1, 0.15) is 0 Å². The van der Waals surface area contributed by atoms with Crippen LogP contribution in [0.4, 0.5) is 0 Å². The first-order chi connectivity index (χ1) is 9.31. The molecule has 1 N–H and O–H groups in total. The summed E-state index contributed by atoms with van der Waals surface area (Å²) < 4.78 is 15.5. The van der Waals surface area contributed by atoms with Crippen molar-refractivity contribution in [1.29, 1.82) is 0 Å². The molecule has 0 fully saturated rings. The lowest BCUT2D eigenvalue weighted by molar-refractivity contribution is -0.575. The fourth-order valence-electron chi connectivity index (χ4n) is 1.82. The van der Waals surface area contributed by atoms with Gasteiger partial charge in [0.05, 0.1) is 21.3 Å². The van der Waals surface area contributed by atoms with E-state index < -0.39 is 16.6 Å². The van der Waals surface area contributed by atoms with E-state index in [4.69, 9.17) is 14.2 Å². The van der Waals surface area contributed by atoms with Crippen molar-refractivity contribution in [3.05, 3.63) is 27.8 Å². The van der Waals surface area contributed by atoms with Crippen molar-refractivity contribution in [1.82, 2.24) is 0 Å². The Balaban J connectivity index is 3.42. The third-order valence-electron chi connectivity index (χ3n) is 3.17. The Kier molecular flexibility index (Phi) is 4.78. The number of nitrogens with zero attached hydrogens (tertiary/aromatic N) is 1. The van der Waals surface area contributed by atoms with E-state index in [-0.39, 0.29) is 17.1 Å². The van der Waals surface area contributed by atoms with Gasteiger partial charge < -0.3 is 19.3 Å². The van der Waals surface area contributed by atoms with Gasteiger partial charge in [0, 0.05) is 24.3 Å². The fourth-order valence-corrected chi connectivity index (χ4v) is 1.82. The summed E-state index contributed by atoms with van der Waals surface area (Å²) in [5, 5.41) is 21.4. The van der Waals surface area contributed by atoms with E-state index in [1.54, 1.807) is 6.07 Å². The molecule has 7 nitrogen and oxygen atoms in total. The molecule has 0 spiro atoms. The number of aliphatic hydroxyl groups excluding tert-OH is 1. The van der Waals surface area contributed by atoms with Crippen molar-refractivity contribution in [2.24, 2.45) is 0 Å². The molecule has 20 heavy (non-hydrogen) atoms. The Hall–Kier alpha value is -2.02. The number of methoxy groups -OCH3 is 3. The molecule has 0 aliphatic carbocycles. The molecule has 0 aliphatic heterocycles. The summed E-state index contributed by atoms with van der Waals surface area (Å²) in [5.74, 6) is 0.916. The predicted octanol–water partition coefficient (Wildman–Crippen LogP) is 1.80. The average Bonchev–Trinajstić information content (AvgIpc) is 2.44. The largest absolute Gasteiger partial charge is 0.493 e. The van der Waals surface area contributed by atoms with Crippen LogP contribution in [0.3, 0.4) is 0 Å². The first kappa shape index (κ1) is 16.0. The van der Waals surface area contributed by atoms with Crippen molar-refractivity contribution < 1.29 is 24.2 Å². The van der Waals surface area contributed by atoms with E-state index in [1.807, 2.05) is 0 Å². The molecule has 112 valence electrons. The quantitative estimate of drug-likeness (QED) is 0.633. The van der Waals surface area contributed by atoms with Gasteiger partial charge in [0.15, 0.2) is 17.6 Å². The molecule has 0 aromatic heterocycles. The molecule has 1 aromatic rings. The summed E-state index contributed by atoms with van der Waals surface area (Å²) in [7, 11) is 4.29. The molecule has 0 aliphatic rings. The van der Waals surface area contributed by atoms with Gasteiger partial charge in [-0.15, -0.1) is 0 Å². The second-order valence-corrected chi connectivity index (χ2v) is 4.74. The van der Waals surface area contributed by atoms with Crippen molar-refractivity contribution in [3.8, 4) is 17.2 Å². The molecule has 0 saturated heterocycles. The number of aliphatic hydroxyl groups is 1. The Labute approximate surface area is 117 Å². The summed E-state index contributed by atoms with van der Waals surface area (Å²) in [6.07, 6.45) is -1.35. The molecule has 7 heteroatoms. The van der Waals surface area contributed by atoms with Crippen LogP contribution in [-0.2, 0) is 0 Å². The Morgan fingerprint density at radius 3 is 2.10 bits per heavy atom. The van der Waals surface area contributed by atoms with Crippen LogP contribution in [-0.4, -0.2) is 36.9 Å². The number of nitro groups is 1. The minimum atomic E-state index is -1.56. The van der Waals surface area contributed by atoms with Crippen LogP contribution in [0, 0.1) is 10.1 Å². The first-order valence-electron chi connectivity index (χ1n) is 5.92. The summed E-state index contributed by atoms with van der Waals surface area (Å²) in [5.41, 5.74) is -1.29. The molecule has 0 amide bonds. The van der Waals surface area contributed by atoms with Crippen LogP contribution >= 0.6 is 0 Å². The molecule has 0 bridgehead atoms. The highest BCUT2D eigenvalue weighted by molar-refractivity contribution is 5.56. The number of benzene rings is 1. The molecule has 1 aromatic carbocycles.